The maximum Gasteiger partial charge on any atom is 0.0686 e. The minimum Gasteiger partial charge on any atom is -0.551 e. The third-order valence-corrected chi connectivity index (χ3v) is 0.906. The molecule has 0 spiro atoms. The molecule has 1 heterocycles. The summed E-state index contributed by atoms with van der Waals surface area (Å²) in [7, 11) is 0. The van der Waals surface area contributed by atoms with Gasteiger partial charge in [-0.3, -0.25) is 0 Å². The zero-order valence-electron chi connectivity index (χ0n) is 5.70. The summed E-state index contributed by atoms with van der Waals surface area (Å²) in [5, 5.41) is 0. The van der Waals surface area contributed by atoms with E-state index in [1.165, 1.54) is 0 Å². The Morgan fingerprint density at radius 3 is 3.00 bits per heavy atom. The number of rotatable bonds is 2. The Labute approximate surface area is 74.9 Å². The molecule has 0 aromatic carbocycles. The first-order chi connectivity index (χ1) is 4.43. The molecule has 0 bridgehead atoms. The molecule has 0 amide bonds. The van der Waals surface area contributed by atoms with Crippen molar-refractivity contribution in [1.29, 1.82) is 0 Å². The molecule has 0 aliphatic heterocycles. The van der Waals surface area contributed by atoms with Crippen molar-refractivity contribution >= 4 is 0 Å². The summed E-state index contributed by atoms with van der Waals surface area (Å²) in [6.45, 7) is 2.64. The average molecular weight is 306 g/mol. The molecule has 0 aliphatic rings. The molecule has 0 saturated heterocycles. The summed E-state index contributed by atoms with van der Waals surface area (Å²) in [4.78, 5) is 3.72. The second-order valence-electron chi connectivity index (χ2n) is 1.55. The summed E-state index contributed by atoms with van der Waals surface area (Å²) < 4.78 is 5.13. The van der Waals surface area contributed by atoms with Crippen LogP contribution in [0.1, 0.15) is 6.92 Å². The van der Waals surface area contributed by atoms with Crippen LogP contribution in [-0.2, 0) is 21.1 Å². The van der Waals surface area contributed by atoms with Gasteiger partial charge in [-0.2, -0.15) is 0 Å². The van der Waals surface area contributed by atoms with Crippen molar-refractivity contribution in [3.05, 3.63) is 24.5 Å². The fraction of sp³-hybridized carbons (Fsp3) is 0.286. The first-order valence-electron chi connectivity index (χ1n) is 2.88. The van der Waals surface area contributed by atoms with Crippen LogP contribution in [-0.4, -0.2) is 11.6 Å². The number of hydrogen-bond donors (Lipinski definition) is 0. The van der Waals surface area contributed by atoms with Crippen LogP contribution in [0.15, 0.2) is 18.3 Å². The number of nitrogens with zero attached hydrogens (tertiary/aromatic N) is 1. The molecule has 0 aliphatic carbocycles. The van der Waals surface area contributed by atoms with Gasteiger partial charge in [-0.15, -0.1) is 12.1 Å². The fourth-order valence-corrected chi connectivity index (χ4v) is 0.559. The molecule has 10 heavy (non-hydrogen) atoms. The van der Waals surface area contributed by atoms with Gasteiger partial charge in [0.1, 0.15) is 0 Å². The van der Waals surface area contributed by atoms with E-state index < -0.39 is 0 Å². The van der Waals surface area contributed by atoms with Crippen LogP contribution in [0.25, 0.3) is 0 Å². The summed E-state index contributed by atoms with van der Waals surface area (Å²) in [6, 6.07) is 3.52. The zero-order valence-corrected chi connectivity index (χ0v) is 8.64. The van der Waals surface area contributed by atoms with E-state index in [-0.39, 0.29) is 21.1 Å². The van der Waals surface area contributed by atoms with Gasteiger partial charge < -0.3 is 9.72 Å². The molecule has 54 valence electrons. The third kappa shape index (κ3) is 2.97. The largest absolute Gasteiger partial charge is 0.551 e. The predicted octanol–water partition coefficient (Wildman–Crippen LogP) is 1.28. The second kappa shape index (κ2) is 5.43. The van der Waals surface area contributed by atoms with Gasteiger partial charge in [0, 0.05) is 26.8 Å². The van der Waals surface area contributed by atoms with Crippen LogP contribution in [0.4, 0.5) is 0 Å². The van der Waals surface area contributed by atoms with E-state index >= 15 is 0 Å². The monoisotopic (exact) mass is 306 g/mol. The minimum atomic E-state index is 0. The van der Waals surface area contributed by atoms with Gasteiger partial charge in [0.15, 0.2) is 0 Å². The Bertz CT molecular complexity index is 167. The van der Waals surface area contributed by atoms with Gasteiger partial charge in [0.25, 0.3) is 0 Å². The van der Waals surface area contributed by atoms with Crippen LogP contribution >= 0.6 is 0 Å². The van der Waals surface area contributed by atoms with Crippen LogP contribution in [0.3, 0.4) is 0 Å². The number of hydrogen-bond acceptors (Lipinski definition) is 2. The van der Waals surface area contributed by atoms with Crippen molar-refractivity contribution in [1.82, 2.24) is 4.98 Å². The number of pyridine rings is 1. The van der Waals surface area contributed by atoms with Gasteiger partial charge in [-0.05, 0) is 6.92 Å². The maximum atomic E-state index is 5.13. The van der Waals surface area contributed by atoms with E-state index in [1.807, 2.05) is 6.92 Å². The first kappa shape index (κ1) is 9.64. The van der Waals surface area contributed by atoms with Crippen LogP contribution in [0, 0.1) is 6.20 Å². The molecule has 0 atom stereocenters. The molecule has 1 aromatic rings. The van der Waals surface area contributed by atoms with Crippen LogP contribution in [0.5, 0.6) is 5.75 Å². The van der Waals surface area contributed by atoms with Crippen molar-refractivity contribution in [2.24, 2.45) is 0 Å². The molecule has 0 fully saturated rings. The second-order valence-corrected chi connectivity index (χ2v) is 1.55. The fourth-order valence-electron chi connectivity index (χ4n) is 0.559. The first-order valence-corrected chi connectivity index (χ1v) is 2.88. The Morgan fingerprint density at radius 1 is 1.70 bits per heavy atom. The van der Waals surface area contributed by atoms with Crippen molar-refractivity contribution < 1.29 is 25.8 Å². The smallest absolute Gasteiger partial charge is 0.0686 e. The Balaban J connectivity index is 0.000000810. The van der Waals surface area contributed by atoms with Gasteiger partial charge in [-0.25, -0.2) is 0 Å². The average Bonchev–Trinajstić information content (AvgIpc) is 1.91. The van der Waals surface area contributed by atoms with Crippen LogP contribution in [0.2, 0.25) is 0 Å². The van der Waals surface area contributed by atoms with Gasteiger partial charge in [-0.1, -0.05) is 12.4 Å². The van der Waals surface area contributed by atoms with E-state index in [9.17, 15) is 0 Å². The van der Waals surface area contributed by atoms with E-state index in [2.05, 4.69) is 11.2 Å². The number of aromatic nitrogens is 1. The Kier molecular flexibility index (Phi) is 5.23. The molecule has 1 rings (SSSR count). The van der Waals surface area contributed by atoms with Gasteiger partial charge >= 0.3 is 0 Å². The quantitative estimate of drug-likeness (QED) is 0.768. The Morgan fingerprint density at radius 2 is 2.50 bits per heavy atom. The van der Waals surface area contributed by atoms with Crippen molar-refractivity contribution in [3.8, 4) is 5.75 Å². The normalized spacial score (nSPS) is 8.10. The molecule has 0 saturated carbocycles. The van der Waals surface area contributed by atoms with E-state index in [0.29, 0.717) is 6.61 Å². The van der Waals surface area contributed by atoms with Crippen LogP contribution < -0.4 is 4.74 Å². The van der Waals surface area contributed by atoms with Gasteiger partial charge in [0.2, 0.25) is 0 Å². The third-order valence-electron chi connectivity index (χ3n) is 0.906. The molecule has 1 aromatic heterocycles. The van der Waals surface area contributed by atoms with E-state index in [1.54, 1.807) is 18.3 Å². The molecule has 0 unspecified atom stereocenters. The minimum absolute atomic E-state index is 0. The van der Waals surface area contributed by atoms with Gasteiger partial charge in [0.05, 0.1) is 6.61 Å². The summed E-state index contributed by atoms with van der Waals surface area (Å²) >= 11 is 0. The molecule has 0 radical (unpaired) electrons. The van der Waals surface area contributed by atoms with Crippen molar-refractivity contribution in [2.75, 3.05) is 6.61 Å². The standard InChI is InChI=1S/C7H8NO.W/c1-2-9-7-3-5-8-6-4-7;/h3-5H,2H2,1H3;/q-1;. The predicted molar refractivity (Wildman–Crippen MR) is 34.2 cm³/mol. The molecule has 3 heteroatoms. The molecule has 2 nitrogen and oxygen atoms in total. The topological polar surface area (TPSA) is 22.1 Å². The van der Waals surface area contributed by atoms with Crippen molar-refractivity contribution in [3.63, 3.8) is 0 Å². The summed E-state index contributed by atoms with van der Waals surface area (Å²) in [5.74, 6) is 0.826. The molecule has 0 N–H and O–H groups in total. The molecular formula is C7H8NOW-. The Hall–Kier alpha value is -0.362. The maximum absolute atomic E-state index is 5.13. The van der Waals surface area contributed by atoms with E-state index in [4.69, 9.17) is 4.74 Å². The zero-order chi connectivity index (χ0) is 6.53. The summed E-state index contributed by atoms with van der Waals surface area (Å²) in [5.41, 5.74) is 0. The molecular weight excluding hydrogens is 298 g/mol. The SMILES string of the molecule is CCOc1c[c-]ncc1.[W]. The number of ether oxygens (including phenoxy) is 1. The van der Waals surface area contributed by atoms with E-state index in [0.717, 1.165) is 5.75 Å². The summed E-state index contributed by atoms with van der Waals surface area (Å²) in [6.07, 6.45) is 4.33. The van der Waals surface area contributed by atoms with Crippen molar-refractivity contribution in [2.45, 2.75) is 6.92 Å².